The number of carbonyl (C=O) groups excluding carboxylic acids is 2. The highest BCUT2D eigenvalue weighted by Crippen LogP contribution is 2.11. The number of thiocarbonyl (C=S) groups is 1. The molecule has 0 aliphatic heterocycles. The van der Waals surface area contributed by atoms with Gasteiger partial charge in [-0.1, -0.05) is 23.7 Å². The molecule has 1 amide bonds. The van der Waals surface area contributed by atoms with Gasteiger partial charge in [-0.2, -0.15) is 0 Å². The first-order chi connectivity index (χ1) is 12.5. The lowest BCUT2D eigenvalue weighted by atomic mass is 10.2. The van der Waals surface area contributed by atoms with Crippen molar-refractivity contribution in [3.8, 4) is 0 Å². The number of esters is 1. The Hall–Kier alpha value is -2.70. The summed E-state index contributed by atoms with van der Waals surface area (Å²) in [6.07, 6.45) is 3.03. The van der Waals surface area contributed by atoms with E-state index < -0.39 is 0 Å². The number of carbonyl (C=O) groups is 2. The maximum absolute atomic E-state index is 11.9. The first-order valence-electron chi connectivity index (χ1n) is 7.80. The first kappa shape index (κ1) is 19.6. The Morgan fingerprint density at radius 3 is 2.38 bits per heavy atom. The second-order valence-corrected chi connectivity index (χ2v) is 5.97. The molecule has 0 fully saturated rings. The minimum absolute atomic E-state index is 0.152. The van der Waals surface area contributed by atoms with E-state index in [1.807, 2.05) is 0 Å². The summed E-state index contributed by atoms with van der Waals surface area (Å²) in [6.45, 7) is 2.06. The average molecular weight is 389 g/mol. The molecule has 0 atom stereocenters. The Morgan fingerprint density at radius 2 is 1.77 bits per heavy atom. The second kappa shape index (κ2) is 9.70. The third-order valence-electron chi connectivity index (χ3n) is 3.19. The molecule has 2 aromatic rings. The van der Waals surface area contributed by atoms with E-state index in [4.69, 9.17) is 28.6 Å². The SMILES string of the molecule is CCOC(=O)c1ccc(NC(=S)NC(=O)C=Cc2ccc(Cl)cc2)cc1. The van der Waals surface area contributed by atoms with Crippen LogP contribution in [0.15, 0.2) is 54.6 Å². The molecule has 0 aliphatic carbocycles. The number of amides is 1. The van der Waals surface area contributed by atoms with Gasteiger partial charge in [0.15, 0.2) is 5.11 Å². The minimum Gasteiger partial charge on any atom is -0.462 e. The van der Waals surface area contributed by atoms with Crippen LogP contribution in [-0.2, 0) is 9.53 Å². The predicted octanol–water partition coefficient (Wildman–Crippen LogP) is 4.04. The average Bonchev–Trinajstić information content (AvgIpc) is 2.62. The minimum atomic E-state index is -0.387. The third-order valence-corrected chi connectivity index (χ3v) is 3.64. The van der Waals surface area contributed by atoms with Crippen molar-refractivity contribution in [3.63, 3.8) is 0 Å². The molecule has 0 bridgehead atoms. The van der Waals surface area contributed by atoms with Crippen molar-refractivity contribution in [2.24, 2.45) is 0 Å². The predicted molar refractivity (Wildman–Crippen MR) is 107 cm³/mol. The Bertz CT molecular complexity index is 818. The van der Waals surface area contributed by atoms with Gasteiger partial charge in [0.25, 0.3) is 0 Å². The van der Waals surface area contributed by atoms with Gasteiger partial charge in [-0.3, -0.25) is 10.1 Å². The lowest BCUT2D eigenvalue weighted by Crippen LogP contribution is -2.32. The van der Waals surface area contributed by atoms with Crippen molar-refractivity contribution in [2.45, 2.75) is 6.92 Å². The largest absolute Gasteiger partial charge is 0.462 e. The molecule has 0 aromatic heterocycles. The van der Waals surface area contributed by atoms with Gasteiger partial charge in [0, 0.05) is 16.8 Å². The van der Waals surface area contributed by atoms with E-state index in [9.17, 15) is 9.59 Å². The fourth-order valence-electron chi connectivity index (χ4n) is 1.97. The summed E-state index contributed by atoms with van der Waals surface area (Å²) in [6, 6.07) is 13.7. The van der Waals surface area contributed by atoms with Crippen molar-refractivity contribution < 1.29 is 14.3 Å². The maximum atomic E-state index is 11.9. The summed E-state index contributed by atoms with van der Waals surface area (Å²) in [5, 5.41) is 6.20. The number of hydrogen-bond donors (Lipinski definition) is 2. The molecule has 0 aliphatic rings. The smallest absolute Gasteiger partial charge is 0.338 e. The molecule has 0 unspecified atom stereocenters. The van der Waals surface area contributed by atoms with E-state index in [-0.39, 0.29) is 17.0 Å². The van der Waals surface area contributed by atoms with Crippen LogP contribution in [0.3, 0.4) is 0 Å². The Labute approximate surface area is 162 Å². The standard InChI is InChI=1S/C19H17ClN2O3S/c1-2-25-18(24)14-6-10-16(11-7-14)21-19(26)22-17(23)12-5-13-3-8-15(20)9-4-13/h3-12H,2H2,1H3,(H2,21,22,23,26). The van der Waals surface area contributed by atoms with Crippen LogP contribution < -0.4 is 10.6 Å². The molecule has 0 saturated carbocycles. The molecule has 26 heavy (non-hydrogen) atoms. The zero-order chi connectivity index (χ0) is 18.9. The zero-order valence-electron chi connectivity index (χ0n) is 14.0. The van der Waals surface area contributed by atoms with Crippen molar-refractivity contribution >= 4 is 52.6 Å². The van der Waals surface area contributed by atoms with Crippen LogP contribution in [-0.4, -0.2) is 23.6 Å². The first-order valence-corrected chi connectivity index (χ1v) is 8.59. The van der Waals surface area contributed by atoms with E-state index in [1.165, 1.54) is 6.08 Å². The fraction of sp³-hybridized carbons (Fsp3) is 0.105. The van der Waals surface area contributed by atoms with Gasteiger partial charge >= 0.3 is 5.97 Å². The highest BCUT2D eigenvalue weighted by molar-refractivity contribution is 7.80. The normalized spacial score (nSPS) is 10.4. The topological polar surface area (TPSA) is 67.4 Å². The number of ether oxygens (including phenoxy) is 1. The number of nitrogens with one attached hydrogen (secondary N) is 2. The van der Waals surface area contributed by atoms with Crippen LogP contribution in [0.25, 0.3) is 6.08 Å². The number of anilines is 1. The van der Waals surface area contributed by atoms with Gasteiger partial charge in [0.05, 0.1) is 12.2 Å². The monoisotopic (exact) mass is 388 g/mol. The summed E-state index contributed by atoms with van der Waals surface area (Å²) in [5.41, 5.74) is 1.93. The van der Waals surface area contributed by atoms with E-state index in [0.717, 1.165) is 5.56 Å². The molecule has 2 aromatic carbocycles. The lowest BCUT2D eigenvalue weighted by molar-refractivity contribution is -0.115. The zero-order valence-corrected chi connectivity index (χ0v) is 15.6. The molecular formula is C19H17ClN2O3S. The summed E-state index contributed by atoms with van der Waals surface area (Å²) in [4.78, 5) is 23.5. The van der Waals surface area contributed by atoms with Gasteiger partial charge in [-0.25, -0.2) is 4.79 Å². The van der Waals surface area contributed by atoms with Crippen molar-refractivity contribution in [1.82, 2.24) is 5.32 Å². The number of benzene rings is 2. The van der Waals surface area contributed by atoms with E-state index in [0.29, 0.717) is 22.9 Å². The number of rotatable bonds is 5. The number of halogens is 1. The van der Waals surface area contributed by atoms with Crippen molar-refractivity contribution in [1.29, 1.82) is 0 Å². The maximum Gasteiger partial charge on any atom is 0.338 e. The Morgan fingerprint density at radius 1 is 1.12 bits per heavy atom. The molecule has 0 spiro atoms. The quantitative estimate of drug-likeness (QED) is 0.459. The van der Waals surface area contributed by atoms with Gasteiger partial charge in [-0.05, 0) is 67.2 Å². The van der Waals surface area contributed by atoms with Crippen LogP contribution in [0, 0.1) is 0 Å². The molecule has 7 heteroatoms. The molecule has 0 saturated heterocycles. The van der Waals surface area contributed by atoms with Gasteiger partial charge in [0.2, 0.25) is 5.91 Å². The van der Waals surface area contributed by atoms with Crippen LogP contribution in [0.1, 0.15) is 22.8 Å². The molecule has 2 rings (SSSR count). The molecular weight excluding hydrogens is 372 g/mol. The lowest BCUT2D eigenvalue weighted by Gasteiger charge is -2.09. The molecule has 134 valence electrons. The Kier molecular flexibility index (Phi) is 7.32. The number of hydrogen-bond acceptors (Lipinski definition) is 4. The van der Waals surface area contributed by atoms with Crippen molar-refractivity contribution in [2.75, 3.05) is 11.9 Å². The molecule has 2 N–H and O–H groups in total. The highest BCUT2D eigenvalue weighted by atomic mass is 35.5. The van der Waals surface area contributed by atoms with Crippen molar-refractivity contribution in [3.05, 3.63) is 70.8 Å². The summed E-state index contributed by atoms with van der Waals surface area (Å²) in [7, 11) is 0. The van der Waals surface area contributed by atoms with E-state index in [2.05, 4.69) is 10.6 Å². The van der Waals surface area contributed by atoms with Crippen LogP contribution in [0.4, 0.5) is 5.69 Å². The molecule has 5 nitrogen and oxygen atoms in total. The van der Waals surface area contributed by atoms with Gasteiger partial charge in [-0.15, -0.1) is 0 Å². The molecule has 0 heterocycles. The third kappa shape index (κ3) is 6.31. The molecule has 0 radical (unpaired) electrons. The van der Waals surface area contributed by atoms with Crippen LogP contribution >= 0.6 is 23.8 Å². The van der Waals surface area contributed by atoms with Gasteiger partial charge in [0.1, 0.15) is 0 Å². The summed E-state index contributed by atoms with van der Waals surface area (Å²) < 4.78 is 4.91. The summed E-state index contributed by atoms with van der Waals surface area (Å²) >= 11 is 10.9. The van der Waals surface area contributed by atoms with Crippen LogP contribution in [0.2, 0.25) is 5.02 Å². The van der Waals surface area contributed by atoms with E-state index in [1.54, 1.807) is 61.5 Å². The van der Waals surface area contributed by atoms with E-state index >= 15 is 0 Å². The van der Waals surface area contributed by atoms with Crippen LogP contribution in [0.5, 0.6) is 0 Å². The van der Waals surface area contributed by atoms with Gasteiger partial charge < -0.3 is 10.1 Å². The second-order valence-electron chi connectivity index (χ2n) is 5.13. The Balaban J connectivity index is 1.86. The summed E-state index contributed by atoms with van der Waals surface area (Å²) in [5.74, 6) is -0.747. The fourth-order valence-corrected chi connectivity index (χ4v) is 2.31. The highest BCUT2D eigenvalue weighted by Gasteiger charge is 2.06.